The summed E-state index contributed by atoms with van der Waals surface area (Å²) in [5, 5.41) is 14.1. The average Bonchev–Trinajstić information content (AvgIpc) is 2.84. The number of fused-ring (bicyclic) bond motifs is 1. The SMILES string of the molecule is COc1c(F)cccc1Nc1cc(N2CC[C@@H](N3CCc4ccccc4C3)[C@H](O)C2)ncn1. The fraction of sp³-hybridized carbons (Fsp3) is 0.360. The molecule has 0 spiro atoms. The van der Waals surface area contributed by atoms with Crippen molar-refractivity contribution in [3.63, 3.8) is 0 Å². The van der Waals surface area contributed by atoms with E-state index < -0.39 is 11.9 Å². The number of hydrogen-bond donors (Lipinski definition) is 2. The summed E-state index contributed by atoms with van der Waals surface area (Å²) in [6.07, 6.45) is 2.88. The molecule has 3 aromatic rings. The second kappa shape index (κ2) is 9.33. The molecule has 2 N–H and O–H groups in total. The quantitative estimate of drug-likeness (QED) is 0.619. The van der Waals surface area contributed by atoms with Gasteiger partial charge in [-0.1, -0.05) is 30.3 Å². The fourth-order valence-electron chi connectivity index (χ4n) is 4.89. The fourth-order valence-corrected chi connectivity index (χ4v) is 4.89. The van der Waals surface area contributed by atoms with Gasteiger partial charge in [0.1, 0.15) is 18.0 Å². The van der Waals surface area contributed by atoms with Gasteiger partial charge in [0.2, 0.25) is 0 Å². The minimum atomic E-state index is -0.473. The molecule has 172 valence electrons. The number of aliphatic hydroxyl groups is 1. The standard InChI is InChI=1S/C25H28FN5O2/c1-33-25-19(26)7-4-8-20(25)29-23-13-24(28-16-27-23)31-12-10-21(22(32)15-31)30-11-9-17-5-2-3-6-18(17)14-30/h2-8,13,16,21-22,32H,9-12,14-15H2,1H3,(H,27,28,29)/t21-,22-/m1/s1. The minimum Gasteiger partial charge on any atom is -0.492 e. The van der Waals surface area contributed by atoms with E-state index >= 15 is 0 Å². The van der Waals surface area contributed by atoms with Crippen molar-refractivity contribution in [2.45, 2.75) is 31.5 Å². The van der Waals surface area contributed by atoms with Crippen LogP contribution in [0.15, 0.2) is 54.9 Å². The van der Waals surface area contributed by atoms with Gasteiger partial charge in [0.05, 0.1) is 18.9 Å². The van der Waals surface area contributed by atoms with Gasteiger partial charge in [0.25, 0.3) is 0 Å². The number of rotatable bonds is 5. The molecule has 0 unspecified atom stereocenters. The Kier molecular flexibility index (Phi) is 6.11. The van der Waals surface area contributed by atoms with Crippen LogP contribution in [-0.2, 0) is 13.0 Å². The first-order valence-corrected chi connectivity index (χ1v) is 11.3. The van der Waals surface area contributed by atoms with Crippen LogP contribution < -0.4 is 15.0 Å². The first-order valence-electron chi connectivity index (χ1n) is 11.3. The van der Waals surface area contributed by atoms with E-state index in [-0.39, 0.29) is 11.8 Å². The summed E-state index contributed by atoms with van der Waals surface area (Å²) in [7, 11) is 1.43. The molecule has 8 heteroatoms. The van der Waals surface area contributed by atoms with E-state index in [0.717, 1.165) is 38.3 Å². The van der Waals surface area contributed by atoms with E-state index in [0.29, 0.717) is 18.1 Å². The van der Waals surface area contributed by atoms with Crippen LogP contribution in [0.5, 0.6) is 5.75 Å². The Morgan fingerprint density at radius 2 is 1.94 bits per heavy atom. The third-order valence-electron chi connectivity index (χ3n) is 6.59. The van der Waals surface area contributed by atoms with Crippen LogP contribution >= 0.6 is 0 Å². The van der Waals surface area contributed by atoms with Crippen molar-refractivity contribution in [3.8, 4) is 5.75 Å². The lowest BCUT2D eigenvalue weighted by Gasteiger charge is -2.43. The van der Waals surface area contributed by atoms with Gasteiger partial charge in [-0.15, -0.1) is 0 Å². The second-order valence-electron chi connectivity index (χ2n) is 8.57. The van der Waals surface area contributed by atoms with E-state index in [1.807, 2.05) is 6.07 Å². The van der Waals surface area contributed by atoms with Crippen molar-refractivity contribution >= 4 is 17.3 Å². The lowest BCUT2D eigenvalue weighted by molar-refractivity contribution is 0.0293. The van der Waals surface area contributed by atoms with E-state index in [2.05, 4.69) is 49.4 Å². The number of β-amino-alcohol motifs (C(OH)–C–C–N with tert-alkyl or cyclic N) is 1. The molecule has 2 aliphatic heterocycles. The highest BCUT2D eigenvalue weighted by molar-refractivity contribution is 5.66. The Bertz CT molecular complexity index is 1130. The Labute approximate surface area is 192 Å². The lowest BCUT2D eigenvalue weighted by atomic mass is 9.94. The lowest BCUT2D eigenvalue weighted by Crippen LogP contribution is -2.55. The maximum absolute atomic E-state index is 14.0. The molecule has 1 aromatic heterocycles. The molecule has 0 aliphatic carbocycles. The van der Waals surface area contributed by atoms with Crippen molar-refractivity contribution in [2.24, 2.45) is 0 Å². The van der Waals surface area contributed by atoms with Gasteiger partial charge in [0.15, 0.2) is 11.6 Å². The molecule has 0 bridgehead atoms. The van der Waals surface area contributed by atoms with Crippen molar-refractivity contribution in [1.82, 2.24) is 14.9 Å². The molecule has 3 heterocycles. The zero-order valence-electron chi connectivity index (χ0n) is 18.6. The first-order chi connectivity index (χ1) is 16.1. The highest BCUT2D eigenvalue weighted by atomic mass is 19.1. The van der Waals surface area contributed by atoms with Gasteiger partial charge in [0, 0.05) is 38.3 Å². The maximum atomic E-state index is 14.0. The molecule has 1 fully saturated rings. The highest BCUT2D eigenvalue weighted by Crippen LogP contribution is 2.31. The van der Waals surface area contributed by atoms with Gasteiger partial charge < -0.3 is 20.1 Å². The minimum absolute atomic E-state index is 0.130. The smallest absolute Gasteiger partial charge is 0.178 e. The number of halogens is 1. The summed E-state index contributed by atoms with van der Waals surface area (Å²) in [6, 6.07) is 15.2. The number of methoxy groups -OCH3 is 1. The monoisotopic (exact) mass is 449 g/mol. The Morgan fingerprint density at radius 3 is 2.76 bits per heavy atom. The molecule has 2 atom stereocenters. The van der Waals surface area contributed by atoms with E-state index in [9.17, 15) is 9.50 Å². The number of anilines is 3. The predicted molar refractivity (Wildman–Crippen MR) is 125 cm³/mol. The van der Waals surface area contributed by atoms with Gasteiger partial charge >= 0.3 is 0 Å². The topological polar surface area (TPSA) is 73.8 Å². The Balaban J connectivity index is 1.26. The third-order valence-corrected chi connectivity index (χ3v) is 6.59. The number of nitrogens with one attached hydrogen (secondary N) is 1. The molecular weight excluding hydrogens is 421 g/mol. The molecule has 2 aliphatic rings. The van der Waals surface area contributed by atoms with Crippen LogP contribution in [0.3, 0.4) is 0 Å². The third kappa shape index (κ3) is 4.49. The van der Waals surface area contributed by atoms with Gasteiger partial charge in [-0.3, -0.25) is 4.90 Å². The van der Waals surface area contributed by atoms with Crippen molar-refractivity contribution in [2.75, 3.05) is 37.0 Å². The molecule has 1 saturated heterocycles. The summed E-state index contributed by atoms with van der Waals surface area (Å²) in [5.41, 5.74) is 3.26. The van der Waals surface area contributed by atoms with Gasteiger partial charge in [-0.05, 0) is 36.1 Å². The predicted octanol–water partition coefficient (Wildman–Crippen LogP) is 3.37. The van der Waals surface area contributed by atoms with E-state index in [1.165, 1.54) is 30.6 Å². The first kappa shape index (κ1) is 21.6. The molecule has 2 aromatic carbocycles. The number of benzene rings is 2. The largest absolute Gasteiger partial charge is 0.492 e. The summed E-state index contributed by atoms with van der Waals surface area (Å²) >= 11 is 0. The highest BCUT2D eigenvalue weighted by Gasteiger charge is 2.34. The molecule has 5 rings (SSSR count). The normalized spacial score (nSPS) is 20.9. The Morgan fingerprint density at radius 1 is 1.09 bits per heavy atom. The van der Waals surface area contributed by atoms with Crippen LogP contribution in [0, 0.1) is 5.82 Å². The molecule has 0 saturated carbocycles. The van der Waals surface area contributed by atoms with Gasteiger partial charge in [-0.2, -0.15) is 0 Å². The number of piperidine rings is 1. The molecule has 33 heavy (non-hydrogen) atoms. The van der Waals surface area contributed by atoms with Crippen LogP contribution in [0.2, 0.25) is 0 Å². The summed E-state index contributed by atoms with van der Waals surface area (Å²) in [5.74, 6) is 0.955. The van der Waals surface area contributed by atoms with E-state index in [4.69, 9.17) is 4.74 Å². The van der Waals surface area contributed by atoms with Crippen LogP contribution in [0.1, 0.15) is 17.5 Å². The molecule has 0 radical (unpaired) electrons. The molecular formula is C25H28FN5O2. The number of aliphatic hydroxyl groups excluding tert-OH is 1. The summed E-state index contributed by atoms with van der Waals surface area (Å²) < 4.78 is 19.2. The number of ether oxygens (including phenoxy) is 1. The number of aromatic nitrogens is 2. The van der Waals surface area contributed by atoms with Crippen LogP contribution in [0.4, 0.5) is 21.7 Å². The summed E-state index contributed by atoms with van der Waals surface area (Å²) in [4.78, 5) is 13.2. The Hall–Kier alpha value is -3.23. The van der Waals surface area contributed by atoms with Gasteiger partial charge in [-0.25, -0.2) is 14.4 Å². The van der Waals surface area contributed by atoms with Crippen LogP contribution in [-0.4, -0.2) is 58.9 Å². The zero-order valence-corrected chi connectivity index (χ0v) is 18.6. The second-order valence-corrected chi connectivity index (χ2v) is 8.57. The van der Waals surface area contributed by atoms with Crippen molar-refractivity contribution < 1.29 is 14.2 Å². The number of hydrogen-bond acceptors (Lipinski definition) is 7. The molecule has 7 nitrogen and oxygen atoms in total. The van der Waals surface area contributed by atoms with Crippen LogP contribution in [0.25, 0.3) is 0 Å². The number of nitrogens with zero attached hydrogens (tertiary/aromatic N) is 4. The summed E-state index contributed by atoms with van der Waals surface area (Å²) in [6.45, 7) is 3.15. The average molecular weight is 450 g/mol. The van der Waals surface area contributed by atoms with Crippen molar-refractivity contribution in [1.29, 1.82) is 0 Å². The van der Waals surface area contributed by atoms with Crippen molar-refractivity contribution in [3.05, 3.63) is 71.8 Å². The number of para-hydroxylation sites is 1. The van der Waals surface area contributed by atoms with E-state index in [1.54, 1.807) is 12.1 Å². The maximum Gasteiger partial charge on any atom is 0.178 e. The zero-order chi connectivity index (χ0) is 22.8. The molecule has 0 amide bonds.